The van der Waals surface area contributed by atoms with Crippen LogP contribution in [0.1, 0.15) is 28.0 Å². The van der Waals surface area contributed by atoms with Crippen LogP contribution in [0.25, 0.3) is 0 Å². The number of hydrogen-bond donors (Lipinski definition) is 3. The molecule has 0 spiro atoms. The lowest BCUT2D eigenvalue weighted by Crippen LogP contribution is -2.43. The quantitative estimate of drug-likeness (QED) is 0.730. The van der Waals surface area contributed by atoms with Crippen molar-refractivity contribution in [3.63, 3.8) is 0 Å². The molecule has 104 valence electrons. The summed E-state index contributed by atoms with van der Waals surface area (Å²) in [6, 6.07) is 11.5. The molecule has 0 fully saturated rings. The first kappa shape index (κ1) is 13.8. The van der Waals surface area contributed by atoms with Gasteiger partial charge in [-0.05, 0) is 24.6 Å². The Morgan fingerprint density at radius 1 is 1.10 bits per heavy atom. The van der Waals surface area contributed by atoms with E-state index in [1.165, 1.54) is 6.07 Å². The minimum Gasteiger partial charge on any atom is -0.456 e. The van der Waals surface area contributed by atoms with Crippen LogP contribution in [-0.2, 0) is 4.79 Å². The van der Waals surface area contributed by atoms with Crippen molar-refractivity contribution in [1.82, 2.24) is 10.9 Å². The zero-order chi connectivity index (χ0) is 14.5. The Hall–Kier alpha value is -2.60. The molecule has 1 unspecified atom stereocenters. The van der Waals surface area contributed by atoms with Crippen LogP contribution in [0.3, 0.4) is 0 Å². The van der Waals surface area contributed by atoms with E-state index in [9.17, 15) is 14.7 Å². The summed E-state index contributed by atoms with van der Waals surface area (Å²) in [5, 5.41) is 9.79. The Labute approximate surface area is 115 Å². The molecule has 1 atom stereocenters. The Balaban J connectivity index is 1.91. The number of hydrogen-bond acceptors (Lipinski definition) is 4. The van der Waals surface area contributed by atoms with Gasteiger partial charge in [0, 0.05) is 0 Å². The van der Waals surface area contributed by atoms with Gasteiger partial charge in [-0.1, -0.05) is 30.3 Å². The van der Waals surface area contributed by atoms with Crippen molar-refractivity contribution >= 4 is 11.8 Å². The van der Waals surface area contributed by atoms with Gasteiger partial charge >= 0.3 is 5.91 Å². The van der Waals surface area contributed by atoms with Crippen molar-refractivity contribution in [2.45, 2.75) is 13.0 Å². The largest absolute Gasteiger partial charge is 0.456 e. The summed E-state index contributed by atoms with van der Waals surface area (Å²) in [4.78, 5) is 23.3. The lowest BCUT2D eigenvalue weighted by molar-refractivity contribution is -0.130. The molecule has 6 heteroatoms. The first-order chi connectivity index (χ1) is 9.58. The fraction of sp³-hybridized carbons (Fsp3) is 0.143. The highest BCUT2D eigenvalue weighted by Crippen LogP contribution is 2.11. The van der Waals surface area contributed by atoms with E-state index in [2.05, 4.69) is 10.9 Å². The molecule has 1 aromatic carbocycles. The van der Waals surface area contributed by atoms with Crippen LogP contribution >= 0.6 is 0 Å². The molecule has 1 aromatic heterocycles. The minimum atomic E-state index is -1.35. The van der Waals surface area contributed by atoms with E-state index in [0.29, 0.717) is 11.3 Å². The number of aliphatic hydroxyl groups is 1. The number of benzene rings is 1. The van der Waals surface area contributed by atoms with Crippen molar-refractivity contribution in [1.29, 1.82) is 0 Å². The van der Waals surface area contributed by atoms with Gasteiger partial charge < -0.3 is 9.52 Å². The van der Waals surface area contributed by atoms with Gasteiger partial charge in [0.15, 0.2) is 11.9 Å². The minimum absolute atomic E-state index is 0.0806. The molecule has 0 aliphatic rings. The average Bonchev–Trinajstić information content (AvgIpc) is 2.91. The number of carbonyl (C=O) groups excluding carboxylic acids is 2. The van der Waals surface area contributed by atoms with Gasteiger partial charge in [-0.25, -0.2) is 0 Å². The van der Waals surface area contributed by atoms with E-state index in [4.69, 9.17) is 4.42 Å². The zero-order valence-corrected chi connectivity index (χ0v) is 10.8. The molecular formula is C14H14N2O4. The topological polar surface area (TPSA) is 91.6 Å². The van der Waals surface area contributed by atoms with Gasteiger partial charge in [-0.15, -0.1) is 0 Å². The molecule has 0 saturated carbocycles. The number of rotatable bonds is 3. The summed E-state index contributed by atoms with van der Waals surface area (Å²) in [5.41, 5.74) is 4.75. The van der Waals surface area contributed by atoms with Crippen LogP contribution < -0.4 is 10.9 Å². The molecule has 0 bridgehead atoms. The maximum absolute atomic E-state index is 11.7. The van der Waals surface area contributed by atoms with E-state index in [-0.39, 0.29) is 5.76 Å². The second-order valence-electron chi connectivity index (χ2n) is 4.17. The summed E-state index contributed by atoms with van der Waals surface area (Å²) in [6.45, 7) is 1.70. The summed E-state index contributed by atoms with van der Waals surface area (Å²) in [7, 11) is 0. The monoisotopic (exact) mass is 274 g/mol. The molecule has 1 heterocycles. The van der Waals surface area contributed by atoms with E-state index < -0.39 is 17.9 Å². The van der Waals surface area contributed by atoms with Crippen LogP contribution in [0.4, 0.5) is 0 Å². The van der Waals surface area contributed by atoms with Crippen LogP contribution in [0.15, 0.2) is 46.9 Å². The molecule has 0 aliphatic heterocycles. The fourth-order valence-corrected chi connectivity index (χ4v) is 1.59. The summed E-state index contributed by atoms with van der Waals surface area (Å²) in [6.07, 6.45) is -1.35. The summed E-state index contributed by atoms with van der Waals surface area (Å²) < 4.78 is 5.10. The molecule has 0 radical (unpaired) electrons. The van der Waals surface area contributed by atoms with Gasteiger partial charge in [0.1, 0.15) is 5.76 Å². The number of carbonyl (C=O) groups is 2. The normalized spacial score (nSPS) is 11.7. The fourth-order valence-electron chi connectivity index (χ4n) is 1.59. The summed E-state index contributed by atoms with van der Waals surface area (Å²) in [5.74, 6) is -0.651. The molecule has 6 nitrogen and oxygen atoms in total. The maximum atomic E-state index is 11.7. The highest BCUT2D eigenvalue weighted by Gasteiger charge is 2.18. The van der Waals surface area contributed by atoms with Gasteiger partial charge in [0.05, 0.1) is 0 Å². The predicted octanol–water partition coefficient (Wildman–Crippen LogP) is 1.08. The first-order valence-electron chi connectivity index (χ1n) is 5.97. The number of amides is 2. The van der Waals surface area contributed by atoms with Gasteiger partial charge in [-0.3, -0.25) is 20.4 Å². The standard InChI is InChI=1S/C14H14N2O4/c1-9-7-8-11(20-9)13(18)15-16-14(19)12(17)10-5-3-2-4-6-10/h2-8,12,17H,1H3,(H,15,18)(H,16,19). The molecule has 3 N–H and O–H groups in total. The van der Waals surface area contributed by atoms with Crippen molar-refractivity contribution in [3.8, 4) is 0 Å². The second kappa shape index (κ2) is 6.03. The Bertz CT molecular complexity index is 607. The van der Waals surface area contributed by atoms with Crippen LogP contribution in [0.2, 0.25) is 0 Å². The van der Waals surface area contributed by atoms with Crippen LogP contribution in [0, 0.1) is 6.92 Å². The number of aliphatic hydroxyl groups excluding tert-OH is 1. The van der Waals surface area contributed by atoms with Crippen molar-refractivity contribution < 1.29 is 19.1 Å². The molecule has 0 saturated heterocycles. The van der Waals surface area contributed by atoms with Crippen molar-refractivity contribution in [2.24, 2.45) is 0 Å². The molecule has 2 rings (SSSR count). The Morgan fingerprint density at radius 3 is 2.40 bits per heavy atom. The third-order valence-corrected chi connectivity index (χ3v) is 2.63. The van der Waals surface area contributed by atoms with E-state index in [0.717, 1.165) is 0 Å². The second-order valence-corrected chi connectivity index (χ2v) is 4.17. The van der Waals surface area contributed by atoms with Crippen molar-refractivity contribution in [3.05, 3.63) is 59.5 Å². The molecular weight excluding hydrogens is 260 g/mol. The smallest absolute Gasteiger partial charge is 0.305 e. The highest BCUT2D eigenvalue weighted by molar-refractivity contribution is 5.93. The lowest BCUT2D eigenvalue weighted by Gasteiger charge is -2.11. The van der Waals surface area contributed by atoms with Crippen LogP contribution in [-0.4, -0.2) is 16.9 Å². The number of furan rings is 1. The Morgan fingerprint density at radius 2 is 1.80 bits per heavy atom. The van der Waals surface area contributed by atoms with Crippen molar-refractivity contribution in [2.75, 3.05) is 0 Å². The molecule has 2 amide bonds. The number of nitrogens with one attached hydrogen (secondary N) is 2. The van der Waals surface area contributed by atoms with Crippen LogP contribution in [0.5, 0.6) is 0 Å². The predicted molar refractivity (Wildman–Crippen MR) is 70.5 cm³/mol. The average molecular weight is 274 g/mol. The van der Waals surface area contributed by atoms with Gasteiger partial charge in [-0.2, -0.15) is 0 Å². The van der Waals surface area contributed by atoms with Gasteiger partial charge in [0.25, 0.3) is 5.91 Å². The highest BCUT2D eigenvalue weighted by atomic mass is 16.4. The third-order valence-electron chi connectivity index (χ3n) is 2.63. The first-order valence-corrected chi connectivity index (χ1v) is 5.97. The maximum Gasteiger partial charge on any atom is 0.305 e. The zero-order valence-electron chi connectivity index (χ0n) is 10.8. The van der Waals surface area contributed by atoms with E-state index in [1.807, 2.05) is 0 Å². The number of aryl methyl sites for hydroxylation is 1. The number of hydrazine groups is 1. The molecule has 2 aromatic rings. The summed E-state index contributed by atoms with van der Waals surface area (Å²) >= 11 is 0. The third kappa shape index (κ3) is 3.24. The van der Waals surface area contributed by atoms with Gasteiger partial charge in [0.2, 0.25) is 0 Å². The molecule has 0 aliphatic carbocycles. The lowest BCUT2D eigenvalue weighted by atomic mass is 10.1. The van der Waals surface area contributed by atoms with E-state index in [1.54, 1.807) is 43.3 Å². The molecule has 20 heavy (non-hydrogen) atoms. The SMILES string of the molecule is Cc1ccc(C(=O)NNC(=O)C(O)c2ccccc2)o1. The Kier molecular flexibility index (Phi) is 4.17. The van der Waals surface area contributed by atoms with E-state index >= 15 is 0 Å².